The summed E-state index contributed by atoms with van der Waals surface area (Å²) >= 11 is 0. The van der Waals surface area contributed by atoms with Crippen LogP contribution in [0.1, 0.15) is 60.8 Å². The van der Waals surface area contributed by atoms with Gasteiger partial charge in [0.25, 0.3) is 0 Å². The molecule has 1 aliphatic rings. The van der Waals surface area contributed by atoms with Gasteiger partial charge in [0, 0.05) is 6.42 Å². The second kappa shape index (κ2) is 8.87. The van der Waals surface area contributed by atoms with Gasteiger partial charge in [-0.15, -0.1) is 0 Å². The van der Waals surface area contributed by atoms with Gasteiger partial charge in [-0.25, -0.2) is 0 Å². The van der Waals surface area contributed by atoms with Crippen LogP contribution in [0.15, 0.2) is 23.3 Å². The molecule has 5 heteroatoms. The summed E-state index contributed by atoms with van der Waals surface area (Å²) in [6.45, 7) is 11.0. The normalized spacial score (nSPS) is 26.8. The molecule has 0 heterocycles. The fraction of sp³-hybridized carbons (Fsp3) is 0.667. The maximum Gasteiger partial charge on any atom is 0.185 e. The van der Waals surface area contributed by atoms with Crippen molar-refractivity contribution in [3.63, 3.8) is 0 Å². The van der Waals surface area contributed by atoms with Crippen molar-refractivity contribution in [2.45, 2.75) is 72.5 Å². The fourth-order valence-corrected chi connectivity index (χ4v) is 3.35. The van der Waals surface area contributed by atoms with Crippen LogP contribution in [0.5, 0.6) is 0 Å². The largest absolute Gasteiger partial charge is 0.389 e. The lowest BCUT2D eigenvalue weighted by Gasteiger charge is -2.31. The molecule has 26 heavy (non-hydrogen) atoms. The van der Waals surface area contributed by atoms with Gasteiger partial charge in [0.2, 0.25) is 0 Å². The minimum Gasteiger partial charge on any atom is -0.389 e. The zero-order chi connectivity index (χ0) is 20.2. The van der Waals surface area contributed by atoms with Gasteiger partial charge in [-0.1, -0.05) is 37.1 Å². The molecule has 5 nitrogen and oxygen atoms in total. The molecule has 0 aromatic heterocycles. The Bertz CT molecular complexity index is 620. The van der Waals surface area contributed by atoms with E-state index in [1.165, 1.54) is 0 Å². The van der Waals surface area contributed by atoms with Gasteiger partial charge in [0.1, 0.15) is 5.92 Å². The lowest BCUT2D eigenvalue weighted by Crippen LogP contribution is -2.52. The van der Waals surface area contributed by atoms with Crippen molar-refractivity contribution in [1.29, 1.82) is 0 Å². The Balaban J connectivity index is 3.30. The summed E-state index contributed by atoms with van der Waals surface area (Å²) in [4.78, 5) is 38.2. The number of hydrogen-bond acceptors (Lipinski definition) is 5. The van der Waals surface area contributed by atoms with E-state index < -0.39 is 40.9 Å². The van der Waals surface area contributed by atoms with Crippen molar-refractivity contribution in [3.05, 3.63) is 23.3 Å². The number of Topliss-reactive ketones (excluding diaryl/α,β-unsaturated/α-hetero) is 3. The highest BCUT2D eigenvalue weighted by atomic mass is 16.4. The zero-order valence-corrected chi connectivity index (χ0v) is 16.7. The molecule has 2 unspecified atom stereocenters. The topological polar surface area (TPSA) is 91.7 Å². The minimum atomic E-state index is -2.23. The summed E-state index contributed by atoms with van der Waals surface area (Å²) in [6, 6.07) is 0. The Morgan fingerprint density at radius 1 is 1.12 bits per heavy atom. The van der Waals surface area contributed by atoms with Crippen LogP contribution in [-0.2, 0) is 14.4 Å². The predicted octanol–water partition coefficient (Wildman–Crippen LogP) is 2.79. The lowest BCUT2D eigenvalue weighted by molar-refractivity contribution is -0.155. The summed E-state index contributed by atoms with van der Waals surface area (Å²) in [7, 11) is 0. The smallest absolute Gasteiger partial charge is 0.185 e. The summed E-state index contributed by atoms with van der Waals surface area (Å²) in [5.41, 5.74) is -0.368. The highest BCUT2D eigenvalue weighted by molar-refractivity contribution is 6.27. The quantitative estimate of drug-likeness (QED) is 0.510. The summed E-state index contributed by atoms with van der Waals surface area (Å²) in [6.07, 6.45) is 2.30. The number of allylic oxidation sites excluding steroid dienone is 3. The van der Waals surface area contributed by atoms with E-state index in [2.05, 4.69) is 0 Å². The first-order valence-corrected chi connectivity index (χ1v) is 9.20. The average molecular weight is 364 g/mol. The molecule has 0 spiro atoms. The Morgan fingerprint density at radius 2 is 1.65 bits per heavy atom. The monoisotopic (exact) mass is 364 g/mol. The standard InChI is InChI=1S/C21H32O5/c1-12(2)7-9-15-19(24)18(16(22)11-14(5)6)20(25)21(15,26)17(23)10-8-13(3)4/h7-8,14-15,17-18,23,26H,9-11H2,1-6H3/t15?,17-,18?,21-/m1/s1. The third-order valence-corrected chi connectivity index (χ3v) is 4.77. The van der Waals surface area contributed by atoms with Crippen molar-refractivity contribution in [2.75, 3.05) is 0 Å². The predicted molar refractivity (Wildman–Crippen MR) is 101 cm³/mol. The van der Waals surface area contributed by atoms with Crippen molar-refractivity contribution in [1.82, 2.24) is 0 Å². The fourth-order valence-electron chi connectivity index (χ4n) is 3.35. The van der Waals surface area contributed by atoms with Crippen molar-refractivity contribution in [2.24, 2.45) is 17.8 Å². The van der Waals surface area contributed by atoms with Crippen molar-refractivity contribution in [3.8, 4) is 0 Å². The molecule has 4 atom stereocenters. The van der Waals surface area contributed by atoms with E-state index in [0.29, 0.717) is 0 Å². The number of rotatable bonds is 8. The first-order valence-electron chi connectivity index (χ1n) is 9.20. The van der Waals surface area contributed by atoms with Crippen LogP contribution in [0, 0.1) is 17.8 Å². The van der Waals surface area contributed by atoms with Crippen LogP contribution in [0.25, 0.3) is 0 Å². The lowest BCUT2D eigenvalue weighted by atomic mass is 9.80. The van der Waals surface area contributed by atoms with Gasteiger partial charge >= 0.3 is 0 Å². The van der Waals surface area contributed by atoms with Gasteiger partial charge in [-0.3, -0.25) is 14.4 Å². The molecule has 1 saturated carbocycles. The molecule has 0 aliphatic heterocycles. The van der Waals surface area contributed by atoms with Crippen LogP contribution in [-0.4, -0.2) is 39.3 Å². The third-order valence-electron chi connectivity index (χ3n) is 4.77. The molecule has 1 aliphatic carbocycles. The van der Waals surface area contributed by atoms with Crippen LogP contribution >= 0.6 is 0 Å². The molecular formula is C21H32O5. The van der Waals surface area contributed by atoms with E-state index in [9.17, 15) is 24.6 Å². The minimum absolute atomic E-state index is 0.00335. The Morgan fingerprint density at radius 3 is 2.12 bits per heavy atom. The Kier molecular flexibility index (Phi) is 7.66. The number of carbonyl (C=O) groups excluding carboxylic acids is 3. The van der Waals surface area contributed by atoms with Crippen molar-refractivity contribution >= 4 is 17.3 Å². The molecule has 2 N–H and O–H groups in total. The van der Waals surface area contributed by atoms with Gasteiger partial charge in [-0.2, -0.15) is 0 Å². The molecule has 1 fully saturated rings. The second-order valence-corrected chi connectivity index (χ2v) is 8.19. The molecule has 1 rings (SSSR count). The Hall–Kier alpha value is -1.59. The maximum atomic E-state index is 12.9. The highest BCUT2D eigenvalue weighted by Gasteiger charge is 2.63. The first kappa shape index (κ1) is 22.5. The molecule has 0 aromatic carbocycles. The average Bonchev–Trinajstić information content (AvgIpc) is 2.69. The Labute approximate surface area is 156 Å². The first-order chi connectivity index (χ1) is 11.9. The maximum absolute atomic E-state index is 12.9. The third kappa shape index (κ3) is 4.77. The summed E-state index contributed by atoms with van der Waals surface area (Å²) in [5, 5.41) is 21.7. The number of carbonyl (C=O) groups is 3. The SMILES string of the molecule is CC(C)=CCC1C(=O)C(C(=O)CC(C)C)C(=O)[C@]1(O)[C@H](O)CC=C(C)C. The number of hydrogen-bond donors (Lipinski definition) is 2. The van der Waals surface area contributed by atoms with E-state index in [4.69, 9.17) is 0 Å². The molecule has 0 bridgehead atoms. The van der Waals surface area contributed by atoms with E-state index in [-0.39, 0.29) is 25.2 Å². The van der Waals surface area contributed by atoms with Gasteiger partial charge in [0.05, 0.1) is 12.0 Å². The highest BCUT2D eigenvalue weighted by Crippen LogP contribution is 2.41. The van der Waals surface area contributed by atoms with Crippen LogP contribution in [0.3, 0.4) is 0 Å². The van der Waals surface area contributed by atoms with Crippen LogP contribution in [0.4, 0.5) is 0 Å². The second-order valence-electron chi connectivity index (χ2n) is 8.19. The molecule has 0 saturated heterocycles. The molecule has 146 valence electrons. The number of aliphatic hydroxyl groups is 2. The van der Waals surface area contributed by atoms with Gasteiger partial charge in [-0.05, 0) is 46.5 Å². The molecular weight excluding hydrogens is 332 g/mol. The van der Waals surface area contributed by atoms with E-state index >= 15 is 0 Å². The molecule has 0 amide bonds. The number of aliphatic hydroxyl groups excluding tert-OH is 1. The summed E-state index contributed by atoms with van der Waals surface area (Å²) < 4.78 is 0. The van der Waals surface area contributed by atoms with Gasteiger partial charge in [0.15, 0.2) is 23.0 Å². The van der Waals surface area contributed by atoms with Gasteiger partial charge < -0.3 is 10.2 Å². The van der Waals surface area contributed by atoms with Crippen molar-refractivity contribution < 1.29 is 24.6 Å². The molecule has 0 aromatic rings. The zero-order valence-electron chi connectivity index (χ0n) is 16.7. The van der Waals surface area contributed by atoms with E-state index in [1.54, 1.807) is 12.2 Å². The van der Waals surface area contributed by atoms with E-state index in [0.717, 1.165) is 11.1 Å². The van der Waals surface area contributed by atoms with Crippen LogP contribution < -0.4 is 0 Å². The van der Waals surface area contributed by atoms with Crippen LogP contribution in [0.2, 0.25) is 0 Å². The molecule has 0 radical (unpaired) electrons. The van der Waals surface area contributed by atoms with E-state index in [1.807, 2.05) is 41.5 Å². The summed E-state index contributed by atoms with van der Waals surface area (Å²) in [5.74, 6) is -4.47. The number of ketones is 3.